The second kappa shape index (κ2) is 7.74. The number of carbonyl (C=O) groups is 1. The first-order chi connectivity index (χ1) is 15.8. The van der Waals surface area contributed by atoms with Crippen LogP contribution in [-0.4, -0.2) is 50.2 Å². The molecule has 2 fully saturated rings. The molecule has 1 aliphatic carbocycles. The number of carbonyl (C=O) groups excluding carboxylic acids is 1. The first-order valence-electron chi connectivity index (χ1n) is 11.0. The minimum Gasteiger partial charge on any atom is -0.464 e. The first-order valence-corrected chi connectivity index (χ1v) is 11.0. The summed E-state index contributed by atoms with van der Waals surface area (Å²) < 4.78 is 7.40. The minimum atomic E-state index is -0.0488. The molecule has 6 rings (SSSR count). The van der Waals surface area contributed by atoms with Gasteiger partial charge in [0.15, 0.2) is 0 Å². The number of nitrogens with one attached hydrogen (secondary N) is 1. The van der Waals surface area contributed by atoms with E-state index in [1.807, 2.05) is 41.1 Å². The zero-order chi connectivity index (χ0) is 21.5. The van der Waals surface area contributed by atoms with Gasteiger partial charge in [0.05, 0.1) is 18.0 Å². The molecule has 4 heterocycles. The average molecular weight is 429 g/mol. The van der Waals surface area contributed by atoms with Crippen LogP contribution in [0.3, 0.4) is 0 Å². The molecule has 2 aliphatic rings. The van der Waals surface area contributed by atoms with Gasteiger partial charge in [0.2, 0.25) is 5.95 Å². The standard InChI is InChI=1S/C23H23N7O2/c31-22(16-3-1-15(2-4-16)21-19-10-14-32-20(19)7-11-24-21)25-17-8-12-29(13-9-17)23-26-27-28-30(23)18-5-6-18/h1-4,7,10-11,14,17-18H,5-6,8-9,12-13H2,(H,25,31). The third kappa shape index (κ3) is 3.49. The van der Waals surface area contributed by atoms with Gasteiger partial charge in [0.1, 0.15) is 5.58 Å². The molecule has 32 heavy (non-hydrogen) atoms. The first kappa shape index (κ1) is 19.0. The van der Waals surface area contributed by atoms with E-state index in [0.717, 1.165) is 66.9 Å². The van der Waals surface area contributed by atoms with Crippen LogP contribution in [0.5, 0.6) is 0 Å². The summed E-state index contributed by atoms with van der Waals surface area (Å²) in [5, 5.41) is 16.3. The van der Waals surface area contributed by atoms with Gasteiger partial charge in [-0.15, -0.1) is 0 Å². The van der Waals surface area contributed by atoms with Crippen LogP contribution >= 0.6 is 0 Å². The van der Waals surface area contributed by atoms with Crippen molar-refractivity contribution in [3.8, 4) is 11.3 Å². The summed E-state index contributed by atoms with van der Waals surface area (Å²) in [6, 6.07) is 11.9. The Bertz CT molecular complexity index is 1250. The Hall–Kier alpha value is -3.75. The van der Waals surface area contributed by atoms with E-state index in [9.17, 15) is 4.79 Å². The number of hydrogen-bond donors (Lipinski definition) is 1. The zero-order valence-corrected chi connectivity index (χ0v) is 17.5. The van der Waals surface area contributed by atoms with Gasteiger partial charge in [-0.05, 0) is 60.4 Å². The number of fused-ring (bicyclic) bond motifs is 1. The van der Waals surface area contributed by atoms with Crippen LogP contribution in [-0.2, 0) is 0 Å². The number of furan rings is 1. The molecule has 1 saturated heterocycles. The Morgan fingerprint density at radius 1 is 1.03 bits per heavy atom. The van der Waals surface area contributed by atoms with E-state index in [1.54, 1.807) is 12.5 Å². The number of hydrogen-bond acceptors (Lipinski definition) is 7. The maximum absolute atomic E-state index is 12.8. The molecule has 9 heteroatoms. The van der Waals surface area contributed by atoms with Crippen molar-refractivity contribution in [2.24, 2.45) is 0 Å². The van der Waals surface area contributed by atoms with Crippen LogP contribution < -0.4 is 10.2 Å². The van der Waals surface area contributed by atoms with Gasteiger partial charge in [0, 0.05) is 41.8 Å². The highest BCUT2D eigenvalue weighted by Gasteiger charge is 2.31. The summed E-state index contributed by atoms with van der Waals surface area (Å²) >= 11 is 0. The third-order valence-electron chi connectivity index (χ3n) is 6.28. The van der Waals surface area contributed by atoms with E-state index in [-0.39, 0.29) is 11.9 Å². The monoisotopic (exact) mass is 429 g/mol. The number of benzene rings is 1. The molecule has 1 aliphatic heterocycles. The Morgan fingerprint density at radius 2 is 1.84 bits per heavy atom. The lowest BCUT2D eigenvalue weighted by molar-refractivity contribution is 0.0931. The molecule has 0 bridgehead atoms. The quantitative estimate of drug-likeness (QED) is 0.520. The summed E-state index contributed by atoms with van der Waals surface area (Å²) in [4.78, 5) is 19.5. The molecule has 162 valence electrons. The molecular weight excluding hydrogens is 406 g/mol. The molecule has 0 spiro atoms. The summed E-state index contributed by atoms with van der Waals surface area (Å²) in [6.45, 7) is 1.66. The predicted molar refractivity (Wildman–Crippen MR) is 118 cm³/mol. The smallest absolute Gasteiger partial charge is 0.251 e. The van der Waals surface area contributed by atoms with Crippen molar-refractivity contribution >= 4 is 22.8 Å². The van der Waals surface area contributed by atoms with Crippen LogP contribution in [0.4, 0.5) is 5.95 Å². The fourth-order valence-corrected chi connectivity index (χ4v) is 4.35. The number of piperidine rings is 1. The number of pyridine rings is 1. The molecule has 1 saturated carbocycles. The van der Waals surface area contributed by atoms with Gasteiger partial charge in [0.25, 0.3) is 5.91 Å². The lowest BCUT2D eigenvalue weighted by atomic mass is 10.0. The number of rotatable bonds is 5. The molecule has 3 aromatic heterocycles. The second-order valence-electron chi connectivity index (χ2n) is 8.46. The maximum atomic E-state index is 12.8. The van der Waals surface area contributed by atoms with Crippen LogP contribution in [0.25, 0.3) is 22.2 Å². The van der Waals surface area contributed by atoms with Crippen molar-refractivity contribution in [2.75, 3.05) is 18.0 Å². The summed E-state index contributed by atoms with van der Waals surface area (Å²) in [5.74, 6) is 0.807. The molecule has 1 aromatic carbocycles. The molecule has 0 atom stereocenters. The lowest BCUT2D eigenvalue weighted by Gasteiger charge is -2.32. The van der Waals surface area contributed by atoms with Gasteiger partial charge in [-0.2, -0.15) is 0 Å². The average Bonchev–Trinajstić information content (AvgIpc) is 3.35. The number of amides is 1. The molecule has 1 amide bonds. The lowest BCUT2D eigenvalue weighted by Crippen LogP contribution is -2.45. The molecule has 1 N–H and O–H groups in total. The fourth-order valence-electron chi connectivity index (χ4n) is 4.35. The third-order valence-corrected chi connectivity index (χ3v) is 6.28. The highest BCUT2D eigenvalue weighted by molar-refractivity contribution is 5.96. The molecule has 0 radical (unpaired) electrons. The van der Waals surface area contributed by atoms with Crippen molar-refractivity contribution in [3.05, 3.63) is 54.4 Å². The number of nitrogens with zero attached hydrogens (tertiary/aromatic N) is 6. The van der Waals surface area contributed by atoms with Gasteiger partial charge < -0.3 is 14.6 Å². The van der Waals surface area contributed by atoms with Crippen molar-refractivity contribution in [2.45, 2.75) is 37.8 Å². The van der Waals surface area contributed by atoms with E-state index < -0.39 is 0 Å². The highest BCUT2D eigenvalue weighted by Crippen LogP contribution is 2.36. The Labute approximate surface area is 184 Å². The molecule has 9 nitrogen and oxygen atoms in total. The largest absolute Gasteiger partial charge is 0.464 e. The van der Waals surface area contributed by atoms with Crippen LogP contribution in [0.2, 0.25) is 0 Å². The van der Waals surface area contributed by atoms with Gasteiger partial charge >= 0.3 is 0 Å². The Balaban J connectivity index is 1.09. The molecular formula is C23H23N7O2. The van der Waals surface area contributed by atoms with Crippen molar-refractivity contribution in [1.29, 1.82) is 0 Å². The van der Waals surface area contributed by atoms with Crippen molar-refractivity contribution < 1.29 is 9.21 Å². The van der Waals surface area contributed by atoms with E-state index in [2.05, 4.69) is 30.7 Å². The number of tetrazole rings is 1. The summed E-state index contributed by atoms with van der Waals surface area (Å²) in [7, 11) is 0. The molecule has 4 aromatic rings. The van der Waals surface area contributed by atoms with E-state index >= 15 is 0 Å². The Kier molecular flexibility index (Phi) is 4.59. The van der Waals surface area contributed by atoms with Crippen LogP contribution in [0.15, 0.2) is 53.3 Å². The van der Waals surface area contributed by atoms with Gasteiger partial charge in [-0.1, -0.05) is 17.2 Å². The van der Waals surface area contributed by atoms with E-state index in [4.69, 9.17) is 4.42 Å². The number of aromatic nitrogens is 5. The van der Waals surface area contributed by atoms with Crippen molar-refractivity contribution in [1.82, 2.24) is 30.5 Å². The van der Waals surface area contributed by atoms with Crippen LogP contribution in [0.1, 0.15) is 42.1 Å². The zero-order valence-electron chi connectivity index (χ0n) is 17.5. The van der Waals surface area contributed by atoms with Gasteiger partial charge in [-0.3, -0.25) is 9.78 Å². The normalized spacial score (nSPS) is 17.1. The summed E-state index contributed by atoms with van der Waals surface area (Å²) in [5.41, 5.74) is 3.25. The predicted octanol–water partition coefficient (Wildman–Crippen LogP) is 3.22. The van der Waals surface area contributed by atoms with Crippen molar-refractivity contribution in [3.63, 3.8) is 0 Å². The summed E-state index contributed by atoms with van der Waals surface area (Å²) in [6.07, 6.45) is 7.43. The fraction of sp³-hybridized carbons (Fsp3) is 0.348. The van der Waals surface area contributed by atoms with E-state index in [1.165, 1.54) is 0 Å². The maximum Gasteiger partial charge on any atom is 0.251 e. The van der Waals surface area contributed by atoms with E-state index in [0.29, 0.717) is 11.6 Å². The number of anilines is 1. The highest BCUT2D eigenvalue weighted by atomic mass is 16.3. The second-order valence-corrected chi connectivity index (χ2v) is 8.46. The SMILES string of the molecule is O=C(NC1CCN(c2nnnn2C2CC2)CC1)c1ccc(-c2nccc3occc23)cc1. The Morgan fingerprint density at radius 3 is 2.62 bits per heavy atom. The molecule has 0 unspecified atom stereocenters. The van der Waals surface area contributed by atoms with Gasteiger partial charge in [-0.25, -0.2) is 4.68 Å². The minimum absolute atomic E-state index is 0.0488. The van der Waals surface area contributed by atoms with Crippen LogP contribution in [0, 0.1) is 0 Å². The topological polar surface area (TPSA) is 102 Å².